The van der Waals surface area contributed by atoms with Crippen LogP contribution in [0.2, 0.25) is 5.02 Å². The molecule has 9 heteroatoms. The average molecular weight is 485 g/mol. The molecular formula is C25H25ClN2O6. The molecule has 0 amide bonds. The molecule has 0 fully saturated rings. The van der Waals surface area contributed by atoms with Crippen LogP contribution in [0, 0.1) is 0 Å². The lowest BCUT2D eigenvalue weighted by atomic mass is 9.82. The number of methoxy groups -OCH3 is 3. The smallest absolute Gasteiger partial charge is 0.336 e. The van der Waals surface area contributed by atoms with E-state index in [1.807, 2.05) is 0 Å². The van der Waals surface area contributed by atoms with E-state index in [0.717, 1.165) is 0 Å². The topological polar surface area (TPSA) is 97.3 Å². The highest BCUT2D eigenvalue weighted by Crippen LogP contribution is 2.43. The van der Waals surface area contributed by atoms with E-state index in [-0.39, 0.29) is 18.7 Å². The molecule has 2 aliphatic heterocycles. The minimum Gasteiger partial charge on any atom is -0.497 e. The fraction of sp³-hybridized carbons (Fsp3) is 0.280. The molecule has 1 atom stereocenters. The van der Waals surface area contributed by atoms with E-state index in [0.29, 0.717) is 44.6 Å². The van der Waals surface area contributed by atoms with Gasteiger partial charge in [0.1, 0.15) is 18.2 Å². The van der Waals surface area contributed by atoms with Gasteiger partial charge < -0.3 is 29.5 Å². The van der Waals surface area contributed by atoms with Crippen molar-refractivity contribution in [2.75, 3.05) is 39.9 Å². The standard InChI is InChI=1S/C25H25ClN2O6/c1-32-17-6-4-15(22(11-17)33-2)12-25(24(31)34-3)9-8-19-21(30)13-27-20-10-16(26)5-7-18(20)23(19)28(25)14-29/h4-11,27,29H,12-14H2,1-3H3. The van der Waals surface area contributed by atoms with Crippen LogP contribution in [0.25, 0.3) is 5.70 Å². The highest BCUT2D eigenvalue weighted by Gasteiger charge is 2.48. The van der Waals surface area contributed by atoms with Gasteiger partial charge in [0.2, 0.25) is 0 Å². The number of Topliss-reactive ketones (excluding diaryl/α,β-unsaturated/α-hetero) is 1. The summed E-state index contributed by atoms with van der Waals surface area (Å²) in [7, 11) is 4.37. The Hall–Kier alpha value is -3.49. The molecule has 2 aliphatic rings. The van der Waals surface area contributed by atoms with Gasteiger partial charge in [-0.3, -0.25) is 4.79 Å². The van der Waals surface area contributed by atoms with Crippen LogP contribution >= 0.6 is 11.6 Å². The number of allylic oxidation sites excluding steroid dienone is 1. The van der Waals surface area contributed by atoms with E-state index in [1.54, 1.807) is 55.7 Å². The van der Waals surface area contributed by atoms with E-state index < -0.39 is 18.2 Å². The molecule has 0 aromatic heterocycles. The number of nitrogens with one attached hydrogen (secondary N) is 1. The summed E-state index contributed by atoms with van der Waals surface area (Å²) < 4.78 is 16.0. The predicted molar refractivity (Wildman–Crippen MR) is 128 cm³/mol. The van der Waals surface area contributed by atoms with Crippen LogP contribution < -0.4 is 14.8 Å². The van der Waals surface area contributed by atoms with Crippen LogP contribution in [0.1, 0.15) is 11.1 Å². The first kappa shape index (κ1) is 23.7. The van der Waals surface area contributed by atoms with Gasteiger partial charge in [-0.05, 0) is 35.9 Å². The van der Waals surface area contributed by atoms with Crippen molar-refractivity contribution in [1.29, 1.82) is 0 Å². The number of ketones is 1. The molecule has 2 aromatic rings. The van der Waals surface area contributed by atoms with Gasteiger partial charge in [0, 0.05) is 34.3 Å². The van der Waals surface area contributed by atoms with Gasteiger partial charge in [-0.25, -0.2) is 4.79 Å². The molecule has 2 aromatic carbocycles. The highest BCUT2D eigenvalue weighted by molar-refractivity contribution is 6.31. The Kier molecular flexibility index (Phi) is 6.54. The number of halogens is 1. The van der Waals surface area contributed by atoms with Crippen molar-refractivity contribution >= 4 is 34.7 Å². The van der Waals surface area contributed by atoms with Crippen LogP contribution in [0.4, 0.5) is 5.69 Å². The lowest BCUT2D eigenvalue weighted by Crippen LogP contribution is -2.56. The van der Waals surface area contributed by atoms with Crippen molar-refractivity contribution in [2.24, 2.45) is 0 Å². The van der Waals surface area contributed by atoms with Crippen molar-refractivity contribution in [3.63, 3.8) is 0 Å². The van der Waals surface area contributed by atoms with E-state index >= 15 is 0 Å². The number of nitrogens with zero attached hydrogens (tertiary/aromatic N) is 1. The third-order valence-corrected chi connectivity index (χ3v) is 6.38. The summed E-state index contributed by atoms with van der Waals surface area (Å²) in [5, 5.41) is 14.2. The summed E-state index contributed by atoms with van der Waals surface area (Å²) in [6.45, 7) is -0.501. The average Bonchev–Trinajstić information content (AvgIpc) is 2.99. The van der Waals surface area contributed by atoms with Crippen LogP contribution in [0.5, 0.6) is 11.5 Å². The largest absolute Gasteiger partial charge is 0.497 e. The summed E-state index contributed by atoms with van der Waals surface area (Å²) in [5.74, 6) is 0.335. The minimum atomic E-state index is -1.45. The lowest BCUT2D eigenvalue weighted by molar-refractivity contribution is -0.152. The van der Waals surface area contributed by atoms with Crippen LogP contribution in [-0.4, -0.2) is 61.9 Å². The van der Waals surface area contributed by atoms with Crippen molar-refractivity contribution in [3.8, 4) is 11.5 Å². The van der Waals surface area contributed by atoms with Crippen LogP contribution in [0.15, 0.2) is 54.1 Å². The Morgan fingerprint density at radius 3 is 2.65 bits per heavy atom. The second-order valence-corrected chi connectivity index (χ2v) is 8.34. The third kappa shape index (κ3) is 3.89. The van der Waals surface area contributed by atoms with E-state index in [1.165, 1.54) is 19.1 Å². The van der Waals surface area contributed by atoms with Crippen molar-refractivity contribution in [2.45, 2.75) is 12.0 Å². The molecule has 1 unspecified atom stereocenters. The van der Waals surface area contributed by atoms with Gasteiger partial charge >= 0.3 is 5.97 Å². The monoisotopic (exact) mass is 484 g/mol. The number of ether oxygens (including phenoxy) is 3. The zero-order valence-corrected chi connectivity index (χ0v) is 19.8. The Balaban J connectivity index is 1.91. The van der Waals surface area contributed by atoms with E-state index in [9.17, 15) is 14.7 Å². The molecule has 4 rings (SSSR count). The quantitative estimate of drug-likeness (QED) is 0.604. The Morgan fingerprint density at radius 1 is 1.18 bits per heavy atom. The fourth-order valence-electron chi connectivity index (χ4n) is 4.46. The number of carbonyl (C=O) groups excluding carboxylic acids is 2. The first-order valence-corrected chi connectivity index (χ1v) is 10.9. The Bertz CT molecular complexity index is 1210. The van der Waals surface area contributed by atoms with Gasteiger partial charge in [0.15, 0.2) is 11.3 Å². The van der Waals surface area contributed by atoms with Gasteiger partial charge in [-0.2, -0.15) is 0 Å². The summed E-state index contributed by atoms with van der Waals surface area (Å²) in [4.78, 5) is 27.8. The maximum atomic E-state index is 13.4. The molecule has 2 heterocycles. The third-order valence-electron chi connectivity index (χ3n) is 6.14. The second kappa shape index (κ2) is 9.40. The van der Waals surface area contributed by atoms with Crippen molar-refractivity contribution in [1.82, 2.24) is 4.90 Å². The number of anilines is 1. The molecule has 0 spiro atoms. The number of hydrogen-bond acceptors (Lipinski definition) is 8. The number of carbonyl (C=O) groups is 2. The van der Waals surface area contributed by atoms with Crippen LogP contribution in [0.3, 0.4) is 0 Å². The van der Waals surface area contributed by atoms with Gasteiger partial charge in [-0.1, -0.05) is 23.7 Å². The molecular weight excluding hydrogens is 460 g/mol. The summed E-state index contributed by atoms with van der Waals surface area (Å²) in [6.07, 6.45) is 3.34. The SMILES string of the molecule is COC(=O)C1(Cc2ccc(OC)cc2OC)C=CC2=C(c3ccc(Cl)cc3NCC2=O)N1CO. The molecule has 34 heavy (non-hydrogen) atoms. The van der Waals surface area contributed by atoms with Crippen molar-refractivity contribution in [3.05, 3.63) is 70.3 Å². The van der Waals surface area contributed by atoms with E-state index in [2.05, 4.69) is 5.32 Å². The zero-order valence-electron chi connectivity index (χ0n) is 19.1. The number of rotatable bonds is 6. The molecule has 0 radical (unpaired) electrons. The number of fused-ring (bicyclic) bond motifs is 2. The van der Waals surface area contributed by atoms with Gasteiger partial charge in [0.25, 0.3) is 0 Å². The number of esters is 1. The molecule has 8 nitrogen and oxygen atoms in total. The zero-order chi connectivity index (χ0) is 24.5. The Labute approximate surface area is 202 Å². The highest BCUT2D eigenvalue weighted by atomic mass is 35.5. The number of benzene rings is 2. The van der Waals surface area contributed by atoms with Gasteiger partial charge in [-0.15, -0.1) is 0 Å². The molecule has 178 valence electrons. The fourth-order valence-corrected chi connectivity index (χ4v) is 4.63. The molecule has 0 saturated heterocycles. The summed E-state index contributed by atoms with van der Waals surface area (Å²) >= 11 is 6.19. The number of aliphatic hydroxyl groups is 1. The maximum absolute atomic E-state index is 13.4. The molecule has 0 bridgehead atoms. The molecule has 0 aliphatic carbocycles. The first-order valence-electron chi connectivity index (χ1n) is 10.6. The van der Waals surface area contributed by atoms with E-state index in [4.69, 9.17) is 25.8 Å². The normalized spacial score (nSPS) is 19.1. The summed E-state index contributed by atoms with van der Waals surface area (Å²) in [6, 6.07) is 10.4. The second-order valence-electron chi connectivity index (χ2n) is 7.90. The lowest BCUT2D eigenvalue weighted by Gasteiger charge is -2.44. The predicted octanol–water partition coefficient (Wildman–Crippen LogP) is 3.04. The van der Waals surface area contributed by atoms with Gasteiger partial charge in [0.05, 0.1) is 33.6 Å². The summed E-state index contributed by atoms with van der Waals surface area (Å²) in [5.41, 5.74) is 1.30. The minimum absolute atomic E-state index is 0.0489. The number of hydrogen-bond donors (Lipinski definition) is 2. The first-order chi connectivity index (χ1) is 16.4. The van der Waals surface area contributed by atoms with Crippen LogP contribution in [-0.2, 0) is 20.7 Å². The maximum Gasteiger partial charge on any atom is 0.336 e. The molecule has 2 N–H and O–H groups in total. The number of aliphatic hydroxyl groups excluding tert-OH is 1. The Morgan fingerprint density at radius 2 is 1.97 bits per heavy atom. The molecule has 0 saturated carbocycles. The van der Waals surface area contributed by atoms with Crippen molar-refractivity contribution < 1.29 is 28.9 Å².